The van der Waals surface area contributed by atoms with Crippen molar-refractivity contribution in [2.75, 3.05) is 0 Å². The minimum absolute atomic E-state index is 0.234. The molecule has 6 rings (SSSR count). The van der Waals surface area contributed by atoms with Crippen molar-refractivity contribution in [3.8, 4) is 22.5 Å². The number of nitrogens with zero attached hydrogens (tertiary/aromatic N) is 7. The van der Waals surface area contributed by atoms with Gasteiger partial charge in [0.1, 0.15) is 5.82 Å². The van der Waals surface area contributed by atoms with Crippen molar-refractivity contribution in [1.29, 1.82) is 0 Å². The zero-order valence-corrected chi connectivity index (χ0v) is 21.6. The number of aryl methyl sites for hydroxylation is 2. The van der Waals surface area contributed by atoms with Gasteiger partial charge >= 0.3 is 5.69 Å². The minimum Gasteiger partial charge on any atom is -0.318 e. The normalized spacial score (nSPS) is 13.4. The van der Waals surface area contributed by atoms with Crippen LogP contribution in [0.2, 0.25) is 0 Å². The van der Waals surface area contributed by atoms with Gasteiger partial charge in [0.25, 0.3) is 5.56 Å². The van der Waals surface area contributed by atoms with E-state index in [1.54, 1.807) is 4.57 Å². The van der Waals surface area contributed by atoms with Gasteiger partial charge in [0.15, 0.2) is 11.2 Å². The molecule has 1 aliphatic rings. The topological polar surface area (TPSA) is 116 Å². The molecule has 3 aromatic heterocycles. The average molecular weight is 511 g/mol. The zero-order valence-electron chi connectivity index (χ0n) is 21.6. The molecule has 3 heterocycles. The highest BCUT2D eigenvalue weighted by atomic mass is 16.2. The second-order valence-corrected chi connectivity index (χ2v) is 9.91. The number of aromatic amines is 1. The fourth-order valence-corrected chi connectivity index (χ4v) is 5.10. The second-order valence-electron chi connectivity index (χ2n) is 9.91. The number of hydrogen-bond acceptors (Lipinski definition) is 6. The van der Waals surface area contributed by atoms with Gasteiger partial charge in [0, 0.05) is 31.6 Å². The zero-order chi connectivity index (χ0) is 26.2. The summed E-state index contributed by atoms with van der Waals surface area (Å²) in [5.74, 6) is 1.76. The number of imidazole rings is 1. The molecule has 0 atom stereocenters. The summed E-state index contributed by atoms with van der Waals surface area (Å²) in [7, 11) is 0. The third-order valence-electron chi connectivity index (χ3n) is 7.21. The standard InChI is InChI=1S/C28H30N8O2/c1-3-15-34-26-24(27(37)36(28(34)38)17-18-9-10-18)35(23(4-2)29-26)16-19-11-13-20(14-12-19)21-7-5-6-8-22(21)25-30-32-33-31-25/h5-8,11-14,18H,3-4,9-10,15-17H2,1-2H3,(H,30,31,32,33). The predicted molar refractivity (Wildman–Crippen MR) is 145 cm³/mol. The molecule has 2 aromatic carbocycles. The van der Waals surface area contributed by atoms with Gasteiger partial charge in [-0.3, -0.25) is 13.9 Å². The number of H-pyrrole nitrogens is 1. The van der Waals surface area contributed by atoms with Crippen LogP contribution >= 0.6 is 0 Å². The number of rotatable bonds is 9. The lowest BCUT2D eigenvalue weighted by Gasteiger charge is -2.13. The van der Waals surface area contributed by atoms with E-state index in [9.17, 15) is 9.59 Å². The third kappa shape index (κ3) is 4.25. The van der Waals surface area contributed by atoms with Crippen LogP contribution in [0.3, 0.4) is 0 Å². The first-order chi connectivity index (χ1) is 18.6. The van der Waals surface area contributed by atoms with Crippen molar-refractivity contribution in [1.82, 2.24) is 39.3 Å². The van der Waals surface area contributed by atoms with Crippen LogP contribution in [-0.2, 0) is 26.1 Å². The predicted octanol–water partition coefficient (Wildman–Crippen LogP) is 3.64. The summed E-state index contributed by atoms with van der Waals surface area (Å²) < 4.78 is 5.12. The first kappa shape index (κ1) is 24.0. The fourth-order valence-electron chi connectivity index (χ4n) is 5.10. The van der Waals surface area contributed by atoms with E-state index < -0.39 is 0 Å². The molecule has 194 valence electrons. The molecule has 0 spiro atoms. The van der Waals surface area contributed by atoms with Crippen molar-refractivity contribution in [2.24, 2.45) is 5.92 Å². The van der Waals surface area contributed by atoms with Crippen LogP contribution in [0, 0.1) is 5.92 Å². The Kier molecular flexibility index (Phi) is 6.22. The molecule has 0 aliphatic heterocycles. The smallest absolute Gasteiger partial charge is 0.318 e. The highest BCUT2D eigenvalue weighted by Crippen LogP contribution is 2.31. The lowest BCUT2D eigenvalue weighted by atomic mass is 9.98. The van der Waals surface area contributed by atoms with Gasteiger partial charge in [-0.25, -0.2) is 9.78 Å². The second kappa shape index (κ2) is 9.85. The number of tetrazole rings is 1. The van der Waals surface area contributed by atoms with Crippen molar-refractivity contribution in [3.63, 3.8) is 0 Å². The van der Waals surface area contributed by atoms with E-state index in [1.807, 2.05) is 42.7 Å². The Bertz CT molecular complexity index is 1710. The van der Waals surface area contributed by atoms with E-state index in [-0.39, 0.29) is 11.2 Å². The molecule has 0 saturated heterocycles. The van der Waals surface area contributed by atoms with Gasteiger partial charge in [-0.05, 0) is 47.1 Å². The number of benzene rings is 2. The molecule has 0 unspecified atom stereocenters. The monoisotopic (exact) mass is 510 g/mol. The summed E-state index contributed by atoms with van der Waals surface area (Å²) in [6.45, 7) is 5.58. The van der Waals surface area contributed by atoms with E-state index in [2.05, 4.69) is 44.9 Å². The van der Waals surface area contributed by atoms with Gasteiger partial charge in [0.2, 0.25) is 5.82 Å². The highest BCUT2D eigenvalue weighted by molar-refractivity contribution is 5.80. The fraction of sp³-hybridized carbons (Fsp3) is 0.357. The Morgan fingerprint density at radius 3 is 2.37 bits per heavy atom. The van der Waals surface area contributed by atoms with Crippen LogP contribution in [0.15, 0.2) is 58.1 Å². The minimum atomic E-state index is -0.242. The van der Waals surface area contributed by atoms with E-state index >= 15 is 0 Å². The molecule has 5 aromatic rings. The van der Waals surface area contributed by atoms with E-state index in [0.29, 0.717) is 49.0 Å². The Hall–Kier alpha value is -4.34. The summed E-state index contributed by atoms with van der Waals surface area (Å²) in [4.78, 5) is 31.7. The molecule has 10 heteroatoms. The SMILES string of the molecule is CCCn1c(=O)n(CC2CC2)c(=O)c2c1nc(CC)n2Cc1ccc(-c2ccccc2-c2nn[nH]n2)cc1. The number of fused-ring (bicyclic) bond motifs is 1. The highest BCUT2D eigenvalue weighted by Gasteiger charge is 2.27. The quantitative estimate of drug-likeness (QED) is 0.324. The van der Waals surface area contributed by atoms with Crippen LogP contribution in [-0.4, -0.2) is 39.3 Å². The molecule has 0 bridgehead atoms. The number of aromatic nitrogens is 8. The van der Waals surface area contributed by atoms with Crippen molar-refractivity contribution in [3.05, 3.63) is 80.8 Å². The number of hydrogen-bond donors (Lipinski definition) is 1. The summed E-state index contributed by atoms with van der Waals surface area (Å²) >= 11 is 0. The van der Waals surface area contributed by atoms with Gasteiger partial charge in [0.05, 0.1) is 0 Å². The molecule has 10 nitrogen and oxygen atoms in total. The first-order valence-corrected chi connectivity index (χ1v) is 13.2. The van der Waals surface area contributed by atoms with E-state index in [4.69, 9.17) is 4.98 Å². The Morgan fingerprint density at radius 1 is 0.947 bits per heavy atom. The largest absolute Gasteiger partial charge is 0.332 e. The molecule has 0 amide bonds. The van der Waals surface area contributed by atoms with Crippen LogP contribution in [0.4, 0.5) is 0 Å². The third-order valence-corrected chi connectivity index (χ3v) is 7.21. The molecule has 38 heavy (non-hydrogen) atoms. The van der Waals surface area contributed by atoms with E-state index in [1.165, 1.54) is 4.57 Å². The van der Waals surface area contributed by atoms with Crippen LogP contribution in [0.25, 0.3) is 33.7 Å². The Balaban J connectivity index is 1.41. The lowest BCUT2D eigenvalue weighted by Crippen LogP contribution is -2.41. The molecular weight excluding hydrogens is 480 g/mol. The summed E-state index contributed by atoms with van der Waals surface area (Å²) in [5, 5.41) is 14.5. The summed E-state index contributed by atoms with van der Waals surface area (Å²) in [6, 6.07) is 16.2. The van der Waals surface area contributed by atoms with Gasteiger partial charge < -0.3 is 4.57 Å². The van der Waals surface area contributed by atoms with Gasteiger partial charge in [-0.2, -0.15) is 5.21 Å². The van der Waals surface area contributed by atoms with Crippen molar-refractivity contribution >= 4 is 11.2 Å². The number of nitrogens with one attached hydrogen (secondary N) is 1. The maximum atomic E-state index is 13.7. The maximum Gasteiger partial charge on any atom is 0.332 e. The molecule has 1 fully saturated rings. The van der Waals surface area contributed by atoms with Crippen molar-refractivity contribution < 1.29 is 0 Å². The molecular formula is C28H30N8O2. The van der Waals surface area contributed by atoms with Crippen molar-refractivity contribution in [2.45, 2.75) is 59.2 Å². The molecule has 1 N–H and O–H groups in total. The molecule has 1 saturated carbocycles. The summed E-state index contributed by atoms with van der Waals surface area (Å²) in [6.07, 6.45) is 3.59. The first-order valence-electron chi connectivity index (χ1n) is 13.2. The van der Waals surface area contributed by atoms with Crippen LogP contribution in [0.5, 0.6) is 0 Å². The Labute approximate surface area is 219 Å². The van der Waals surface area contributed by atoms with E-state index in [0.717, 1.165) is 47.3 Å². The van der Waals surface area contributed by atoms with Gasteiger partial charge in [-0.1, -0.05) is 62.4 Å². The van der Waals surface area contributed by atoms with Crippen LogP contribution in [0.1, 0.15) is 44.5 Å². The maximum absolute atomic E-state index is 13.7. The van der Waals surface area contributed by atoms with Gasteiger partial charge in [-0.15, -0.1) is 10.2 Å². The Morgan fingerprint density at radius 2 is 1.71 bits per heavy atom. The molecule has 0 radical (unpaired) electrons. The van der Waals surface area contributed by atoms with Crippen LogP contribution < -0.4 is 11.2 Å². The molecule has 1 aliphatic carbocycles. The summed E-state index contributed by atoms with van der Waals surface area (Å²) in [5.41, 5.74) is 4.51. The lowest BCUT2D eigenvalue weighted by molar-refractivity contribution is 0.531. The average Bonchev–Trinajstić information content (AvgIpc) is 3.45.